The van der Waals surface area contributed by atoms with Gasteiger partial charge in [0, 0.05) is 31.7 Å². The van der Waals surface area contributed by atoms with Crippen LogP contribution in [0.2, 0.25) is 0 Å². The summed E-state index contributed by atoms with van der Waals surface area (Å²) >= 11 is 0. The number of carbonyl (C=O) groups excluding carboxylic acids is 2. The van der Waals surface area contributed by atoms with Crippen molar-refractivity contribution in [2.24, 2.45) is 5.92 Å². The highest BCUT2D eigenvalue weighted by atomic mass is 16.3. The lowest BCUT2D eigenvalue weighted by Gasteiger charge is -2.41. The largest absolute Gasteiger partial charge is 0.438 e. The lowest BCUT2D eigenvalue weighted by Crippen LogP contribution is -2.51. The van der Waals surface area contributed by atoms with Crippen LogP contribution in [0.5, 0.6) is 0 Å². The van der Waals surface area contributed by atoms with Crippen LogP contribution in [0, 0.1) is 12.8 Å². The van der Waals surface area contributed by atoms with E-state index >= 15 is 0 Å². The molecule has 1 atom stereocenters. The number of aromatic nitrogens is 1. The molecule has 1 aromatic rings. The molecule has 3 fully saturated rings. The fraction of sp³-hybridized carbons (Fsp3) is 0.737. The number of oxazole rings is 1. The van der Waals surface area contributed by atoms with Gasteiger partial charge < -0.3 is 14.6 Å². The Morgan fingerprint density at radius 1 is 1.15 bits per heavy atom. The first-order valence-corrected chi connectivity index (χ1v) is 9.85. The molecule has 2 amide bonds. The molecule has 3 aliphatic rings. The third kappa shape index (κ3) is 3.77. The van der Waals surface area contributed by atoms with Crippen molar-refractivity contribution in [3.63, 3.8) is 0 Å². The number of rotatable bonds is 4. The Kier molecular flexibility index (Phi) is 4.98. The van der Waals surface area contributed by atoms with Crippen LogP contribution in [0.3, 0.4) is 0 Å². The van der Waals surface area contributed by atoms with Crippen molar-refractivity contribution in [3.8, 4) is 0 Å². The zero-order chi connectivity index (χ0) is 18.1. The Balaban J connectivity index is 1.29. The van der Waals surface area contributed by atoms with Crippen molar-refractivity contribution in [3.05, 3.63) is 17.8 Å². The number of nitrogens with zero attached hydrogens (tertiary/aromatic N) is 3. The van der Waals surface area contributed by atoms with Gasteiger partial charge in [0.2, 0.25) is 11.7 Å². The summed E-state index contributed by atoms with van der Waals surface area (Å²) in [5.41, 5.74) is 0.651. The maximum absolute atomic E-state index is 12.5. The molecule has 0 spiro atoms. The van der Waals surface area contributed by atoms with Crippen LogP contribution in [-0.2, 0) is 4.79 Å². The number of hydrogen-bond acceptors (Lipinski definition) is 5. The van der Waals surface area contributed by atoms with Gasteiger partial charge in [-0.2, -0.15) is 0 Å². The number of nitrogens with one attached hydrogen (secondary N) is 1. The summed E-state index contributed by atoms with van der Waals surface area (Å²) in [5.74, 6) is 0.670. The minimum Gasteiger partial charge on any atom is -0.438 e. The van der Waals surface area contributed by atoms with Gasteiger partial charge in [-0.25, -0.2) is 4.98 Å². The minimum absolute atomic E-state index is 0.0567. The van der Waals surface area contributed by atoms with E-state index in [0.29, 0.717) is 23.5 Å². The van der Waals surface area contributed by atoms with Gasteiger partial charge in [-0.05, 0) is 52.0 Å². The van der Waals surface area contributed by atoms with Gasteiger partial charge in [0.15, 0.2) is 6.39 Å². The Labute approximate surface area is 154 Å². The third-order valence-electron chi connectivity index (χ3n) is 5.96. The third-order valence-corrected chi connectivity index (χ3v) is 5.96. The van der Waals surface area contributed by atoms with E-state index in [1.807, 2.05) is 4.90 Å². The number of likely N-dealkylation sites (tertiary alicyclic amines) is 2. The van der Waals surface area contributed by atoms with Gasteiger partial charge in [0.1, 0.15) is 0 Å². The topological polar surface area (TPSA) is 78.7 Å². The lowest BCUT2D eigenvalue weighted by atomic mass is 9.93. The second kappa shape index (κ2) is 7.39. The molecule has 1 aliphatic carbocycles. The van der Waals surface area contributed by atoms with Crippen LogP contribution < -0.4 is 5.32 Å². The highest BCUT2D eigenvalue weighted by Crippen LogP contribution is 2.26. The van der Waals surface area contributed by atoms with Gasteiger partial charge >= 0.3 is 0 Å². The van der Waals surface area contributed by atoms with Crippen molar-refractivity contribution < 1.29 is 14.0 Å². The number of carbonyl (C=O) groups is 2. The summed E-state index contributed by atoms with van der Waals surface area (Å²) in [6.07, 6.45) is 7.59. The summed E-state index contributed by atoms with van der Waals surface area (Å²) in [5, 5.41) is 3.16. The molecular formula is C19H28N4O3. The normalized spacial score (nSPS) is 25.3. The summed E-state index contributed by atoms with van der Waals surface area (Å²) in [4.78, 5) is 33.3. The average molecular weight is 360 g/mol. The molecule has 0 radical (unpaired) electrons. The van der Waals surface area contributed by atoms with Crippen LogP contribution in [-0.4, -0.2) is 64.9 Å². The second-order valence-corrected chi connectivity index (χ2v) is 7.91. The van der Waals surface area contributed by atoms with E-state index in [-0.39, 0.29) is 17.7 Å². The van der Waals surface area contributed by atoms with Gasteiger partial charge in [-0.3, -0.25) is 14.5 Å². The average Bonchev–Trinajstić information content (AvgIpc) is 3.39. The SMILES string of the molecule is Cc1ncoc1C(=O)N1CCC(N2CCCC(C(=O)NC3CC3)C2)CC1. The van der Waals surface area contributed by atoms with Crippen LogP contribution in [0.1, 0.15) is 54.8 Å². The molecule has 3 heterocycles. The van der Waals surface area contributed by atoms with Gasteiger partial charge in [-0.1, -0.05) is 0 Å². The molecule has 7 heteroatoms. The molecule has 1 aromatic heterocycles. The molecular weight excluding hydrogens is 332 g/mol. The molecule has 4 rings (SSSR count). The molecule has 142 valence electrons. The maximum Gasteiger partial charge on any atom is 0.291 e. The highest BCUT2D eigenvalue weighted by molar-refractivity contribution is 5.92. The molecule has 1 N–H and O–H groups in total. The zero-order valence-electron chi connectivity index (χ0n) is 15.4. The van der Waals surface area contributed by atoms with Crippen molar-refractivity contribution in [1.29, 1.82) is 0 Å². The number of hydrogen-bond donors (Lipinski definition) is 1. The summed E-state index contributed by atoms with van der Waals surface area (Å²) in [6.45, 7) is 5.19. The van der Waals surface area contributed by atoms with Gasteiger partial charge in [0.05, 0.1) is 11.6 Å². The highest BCUT2D eigenvalue weighted by Gasteiger charge is 2.35. The number of aryl methyl sites for hydroxylation is 1. The van der Waals surface area contributed by atoms with Crippen molar-refractivity contribution >= 4 is 11.8 Å². The molecule has 7 nitrogen and oxygen atoms in total. The molecule has 26 heavy (non-hydrogen) atoms. The summed E-state index contributed by atoms with van der Waals surface area (Å²) in [6, 6.07) is 0.901. The quantitative estimate of drug-likeness (QED) is 0.882. The summed E-state index contributed by atoms with van der Waals surface area (Å²) in [7, 11) is 0. The molecule has 2 aliphatic heterocycles. The lowest BCUT2D eigenvalue weighted by molar-refractivity contribution is -0.127. The Hall–Kier alpha value is -1.89. The monoisotopic (exact) mass is 360 g/mol. The van der Waals surface area contributed by atoms with Crippen LogP contribution in [0.25, 0.3) is 0 Å². The van der Waals surface area contributed by atoms with Gasteiger partial charge in [0.25, 0.3) is 5.91 Å². The zero-order valence-corrected chi connectivity index (χ0v) is 15.4. The number of amides is 2. The van der Waals surface area contributed by atoms with Crippen molar-refractivity contribution in [2.75, 3.05) is 26.2 Å². The maximum atomic E-state index is 12.5. The van der Waals surface area contributed by atoms with E-state index in [9.17, 15) is 9.59 Å². The first-order chi connectivity index (χ1) is 12.6. The van der Waals surface area contributed by atoms with Gasteiger partial charge in [-0.15, -0.1) is 0 Å². The van der Waals surface area contributed by atoms with E-state index in [4.69, 9.17) is 4.42 Å². The first-order valence-electron chi connectivity index (χ1n) is 9.85. The Bertz CT molecular complexity index is 661. The van der Waals surface area contributed by atoms with E-state index < -0.39 is 0 Å². The second-order valence-electron chi connectivity index (χ2n) is 7.91. The van der Waals surface area contributed by atoms with Crippen molar-refractivity contribution in [1.82, 2.24) is 20.1 Å². The first kappa shape index (κ1) is 17.5. The van der Waals surface area contributed by atoms with E-state index in [0.717, 1.165) is 64.7 Å². The predicted molar refractivity (Wildman–Crippen MR) is 95.6 cm³/mol. The molecule has 2 saturated heterocycles. The Morgan fingerprint density at radius 3 is 2.58 bits per heavy atom. The van der Waals surface area contributed by atoms with Crippen LogP contribution in [0.15, 0.2) is 10.8 Å². The predicted octanol–water partition coefficient (Wildman–Crippen LogP) is 1.58. The summed E-state index contributed by atoms with van der Waals surface area (Å²) < 4.78 is 5.24. The van der Waals surface area contributed by atoms with Crippen LogP contribution in [0.4, 0.5) is 0 Å². The fourth-order valence-corrected chi connectivity index (χ4v) is 4.18. The van der Waals surface area contributed by atoms with E-state index in [2.05, 4.69) is 15.2 Å². The van der Waals surface area contributed by atoms with E-state index in [1.54, 1.807) is 6.92 Å². The standard InChI is InChI=1S/C19H28N4O3/c1-13-17(26-12-20-13)19(25)22-9-6-16(7-10-22)23-8-2-3-14(11-23)18(24)21-15-4-5-15/h12,14-16H,2-11H2,1H3,(H,21,24). The molecule has 1 unspecified atom stereocenters. The molecule has 1 saturated carbocycles. The smallest absolute Gasteiger partial charge is 0.291 e. The fourth-order valence-electron chi connectivity index (χ4n) is 4.18. The Morgan fingerprint density at radius 2 is 1.92 bits per heavy atom. The molecule has 0 aromatic carbocycles. The van der Waals surface area contributed by atoms with Crippen molar-refractivity contribution in [2.45, 2.75) is 57.5 Å². The molecule has 0 bridgehead atoms. The minimum atomic E-state index is -0.0567. The number of piperidine rings is 2. The van der Waals surface area contributed by atoms with Crippen LogP contribution >= 0.6 is 0 Å². The van der Waals surface area contributed by atoms with E-state index in [1.165, 1.54) is 6.39 Å².